The van der Waals surface area contributed by atoms with E-state index in [0.29, 0.717) is 5.69 Å². The Balaban J connectivity index is 2.49. The molecule has 0 unspecified atom stereocenters. The second kappa shape index (κ2) is 6.02. The molecule has 1 heterocycles. The number of carbonyl (C=O) groups excluding carboxylic acids is 2. The zero-order valence-electron chi connectivity index (χ0n) is 8.57. The maximum absolute atomic E-state index is 11.1. The molecule has 0 aliphatic carbocycles. The van der Waals surface area contributed by atoms with Crippen LogP contribution in [0.4, 0.5) is 0 Å². The largest absolute Gasteiger partial charge is 0.459 e. The third-order valence-corrected chi connectivity index (χ3v) is 1.92. The van der Waals surface area contributed by atoms with Crippen LogP contribution in [0.5, 0.6) is 0 Å². The number of hydrogen-bond acceptors (Lipinski definition) is 5. The minimum atomic E-state index is -0.928. The molecule has 6 nitrogen and oxygen atoms in total. The SMILES string of the molecule is CCOC(=O)C(=O)NCc1nccnc1Cl. The molecule has 1 amide bonds. The number of esters is 1. The molecule has 16 heavy (non-hydrogen) atoms. The predicted molar refractivity (Wildman–Crippen MR) is 55.5 cm³/mol. The molecular weight excluding hydrogens is 234 g/mol. The van der Waals surface area contributed by atoms with E-state index in [-0.39, 0.29) is 18.3 Å². The van der Waals surface area contributed by atoms with E-state index in [1.165, 1.54) is 12.4 Å². The van der Waals surface area contributed by atoms with Gasteiger partial charge in [0.05, 0.1) is 18.8 Å². The van der Waals surface area contributed by atoms with Crippen molar-refractivity contribution in [2.45, 2.75) is 13.5 Å². The smallest absolute Gasteiger partial charge is 0.396 e. The highest BCUT2D eigenvalue weighted by molar-refractivity contribution is 6.32. The molecule has 0 fully saturated rings. The van der Waals surface area contributed by atoms with Crippen molar-refractivity contribution in [3.05, 3.63) is 23.2 Å². The standard InChI is InChI=1S/C9H10ClN3O3/c1-2-16-9(15)8(14)13-5-6-7(10)12-4-3-11-6/h3-4H,2,5H2,1H3,(H,13,14). The Morgan fingerprint density at radius 1 is 1.44 bits per heavy atom. The fourth-order valence-corrected chi connectivity index (χ4v) is 1.07. The highest BCUT2D eigenvalue weighted by Crippen LogP contribution is 2.07. The van der Waals surface area contributed by atoms with E-state index >= 15 is 0 Å². The molecule has 0 radical (unpaired) electrons. The minimum Gasteiger partial charge on any atom is -0.459 e. The Morgan fingerprint density at radius 3 is 2.75 bits per heavy atom. The quantitative estimate of drug-likeness (QED) is 0.610. The summed E-state index contributed by atoms with van der Waals surface area (Å²) in [7, 11) is 0. The first-order valence-corrected chi connectivity index (χ1v) is 4.93. The van der Waals surface area contributed by atoms with Crippen LogP contribution in [0.25, 0.3) is 0 Å². The maximum atomic E-state index is 11.1. The summed E-state index contributed by atoms with van der Waals surface area (Å²) in [6.07, 6.45) is 2.87. The van der Waals surface area contributed by atoms with Crippen molar-refractivity contribution in [2.24, 2.45) is 0 Å². The molecule has 0 saturated carbocycles. The lowest BCUT2D eigenvalue weighted by molar-refractivity contribution is -0.154. The van der Waals surface area contributed by atoms with Crippen LogP contribution in [-0.2, 0) is 20.9 Å². The molecule has 0 atom stereocenters. The van der Waals surface area contributed by atoms with Crippen molar-refractivity contribution in [1.82, 2.24) is 15.3 Å². The van der Waals surface area contributed by atoms with Crippen molar-refractivity contribution < 1.29 is 14.3 Å². The van der Waals surface area contributed by atoms with Crippen LogP contribution in [0, 0.1) is 0 Å². The van der Waals surface area contributed by atoms with Crippen molar-refractivity contribution in [1.29, 1.82) is 0 Å². The molecule has 0 aliphatic rings. The molecular formula is C9H10ClN3O3. The number of nitrogens with one attached hydrogen (secondary N) is 1. The Labute approximate surface area is 97.0 Å². The molecule has 7 heteroatoms. The lowest BCUT2D eigenvalue weighted by atomic mass is 10.4. The highest BCUT2D eigenvalue weighted by Gasteiger charge is 2.14. The first-order chi connectivity index (χ1) is 7.65. The van der Waals surface area contributed by atoms with E-state index in [4.69, 9.17) is 11.6 Å². The fourth-order valence-electron chi connectivity index (χ4n) is 0.901. The second-order valence-electron chi connectivity index (χ2n) is 2.70. The topological polar surface area (TPSA) is 81.2 Å². The van der Waals surface area contributed by atoms with Gasteiger partial charge in [-0.25, -0.2) is 9.78 Å². The number of hydrogen-bond donors (Lipinski definition) is 1. The second-order valence-corrected chi connectivity index (χ2v) is 3.06. The zero-order chi connectivity index (χ0) is 12.0. The molecule has 1 aromatic rings. The molecule has 1 aromatic heterocycles. The Morgan fingerprint density at radius 2 is 2.12 bits per heavy atom. The molecule has 1 N–H and O–H groups in total. The van der Waals surface area contributed by atoms with Gasteiger partial charge < -0.3 is 10.1 Å². The number of nitrogens with zero attached hydrogens (tertiary/aromatic N) is 2. The van der Waals surface area contributed by atoms with E-state index in [1.54, 1.807) is 6.92 Å². The number of rotatable bonds is 3. The van der Waals surface area contributed by atoms with Crippen LogP contribution >= 0.6 is 11.6 Å². The fraction of sp³-hybridized carbons (Fsp3) is 0.333. The third kappa shape index (κ3) is 3.47. The molecule has 0 bridgehead atoms. The number of amides is 1. The molecule has 86 valence electrons. The number of ether oxygens (including phenoxy) is 1. The summed E-state index contributed by atoms with van der Waals surface area (Å²) in [6.45, 7) is 1.80. The van der Waals surface area contributed by atoms with Gasteiger partial charge in [0.15, 0.2) is 5.15 Å². The lowest BCUT2D eigenvalue weighted by Gasteiger charge is -2.04. The summed E-state index contributed by atoms with van der Waals surface area (Å²) in [5.41, 5.74) is 0.391. The average Bonchev–Trinajstić information content (AvgIpc) is 2.28. The van der Waals surface area contributed by atoms with Crippen molar-refractivity contribution in [3.63, 3.8) is 0 Å². The number of carbonyl (C=O) groups is 2. The summed E-state index contributed by atoms with van der Waals surface area (Å²) in [5.74, 6) is -1.76. The van der Waals surface area contributed by atoms with E-state index in [1.807, 2.05) is 0 Å². The van der Waals surface area contributed by atoms with Gasteiger partial charge in [0.2, 0.25) is 0 Å². The minimum absolute atomic E-state index is 0.0321. The Bertz CT molecular complexity index is 397. The van der Waals surface area contributed by atoms with E-state index < -0.39 is 11.9 Å². The summed E-state index contributed by atoms with van der Waals surface area (Å²) < 4.78 is 4.50. The van der Waals surface area contributed by atoms with Crippen LogP contribution < -0.4 is 5.32 Å². The van der Waals surface area contributed by atoms with Crippen LogP contribution in [0.2, 0.25) is 5.15 Å². The summed E-state index contributed by atoms with van der Waals surface area (Å²) in [6, 6.07) is 0. The molecule has 1 rings (SSSR count). The van der Waals surface area contributed by atoms with Gasteiger partial charge in [0.1, 0.15) is 0 Å². The maximum Gasteiger partial charge on any atom is 0.396 e. The monoisotopic (exact) mass is 243 g/mol. The molecule has 0 spiro atoms. The van der Waals surface area contributed by atoms with Gasteiger partial charge in [0, 0.05) is 12.4 Å². The van der Waals surface area contributed by atoms with Crippen molar-refractivity contribution >= 4 is 23.5 Å². The summed E-state index contributed by atoms with van der Waals surface area (Å²) >= 11 is 5.71. The van der Waals surface area contributed by atoms with Crippen molar-refractivity contribution in [2.75, 3.05) is 6.61 Å². The van der Waals surface area contributed by atoms with Crippen LogP contribution in [-0.4, -0.2) is 28.5 Å². The van der Waals surface area contributed by atoms with Gasteiger partial charge in [-0.3, -0.25) is 9.78 Å². The third-order valence-electron chi connectivity index (χ3n) is 1.60. The number of halogens is 1. The van der Waals surface area contributed by atoms with Crippen LogP contribution in [0.1, 0.15) is 12.6 Å². The summed E-state index contributed by atoms with van der Waals surface area (Å²) in [4.78, 5) is 29.8. The van der Waals surface area contributed by atoms with Gasteiger partial charge in [-0.05, 0) is 6.92 Å². The zero-order valence-corrected chi connectivity index (χ0v) is 9.32. The highest BCUT2D eigenvalue weighted by atomic mass is 35.5. The average molecular weight is 244 g/mol. The first kappa shape index (κ1) is 12.4. The van der Waals surface area contributed by atoms with E-state index in [9.17, 15) is 9.59 Å². The van der Waals surface area contributed by atoms with Gasteiger partial charge in [-0.15, -0.1) is 0 Å². The van der Waals surface area contributed by atoms with Crippen LogP contribution in [0.15, 0.2) is 12.4 Å². The van der Waals surface area contributed by atoms with E-state index in [0.717, 1.165) is 0 Å². The van der Waals surface area contributed by atoms with Crippen LogP contribution in [0.3, 0.4) is 0 Å². The van der Waals surface area contributed by atoms with Crippen molar-refractivity contribution in [3.8, 4) is 0 Å². The molecule has 0 saturated heterocycles. The molecule has 0 aliphatic heterocycles. The normalized spacial score (nSPS) is 9.62. The lowest BCUT2D eigenvalue weighted by Crippen LogP contribution is -2.32. The Kier molecular flexibility index (Phi) is 4.65. The Hall–Kier alpha value is -1.69. The van der Waals surface area contributed by atoms with Gasteiger partial charge in [-0.2, -0.15) is 0 Å². The van der Waals surface area contributed by atoms with Gasteiger partial charge >= 0.3 is 11.9 Å². The number of aromatic nitrogens is 2. The van der Waals surface area contributed by atoms with E-state index in [2.05, 4.69) is 20.0 Å². The predicted octanol–water partition coefficient (Wildman–Crippen LogP) is 0.309. The molecule has 0 aromatic carbocycles. The summed E-state index contributed by atoms with van der Waals surface area (Å²) in [5, 5.41) is 2.51. The first-order valence-electron chi connectivity index (χ1n) is 4.55. The van der Waals surface area contributed by atoms with Gasteiger partial charge in [0.25, 0.3) is 0 Å². The van der Waals surface area contributed by atoms with Gasteiger partial charge in [-0.1, -0.05) is 11.6 Å².